The van der Waals surface area contributed by atoms with E-state index in [1.165, 1.54) is 12.5 Å². The normalized spacial score (nSPS) is 11.3. The molecule has 1 heterocycles. The number of methoxy groups -OCH3 is 3. The molecule has 4 aromatic rings. The van der Waals surface area contributed by atoms with E-state index in [0.717, 1.165) is 38.0 Å². The van der Waals surface area contributed by atoms with E-state index in [9.17, 15) is 4.79 Å². The van der Waals surface area contributed by atoms with E-state index in [0.29, 0.717) is 36.1 Å². The van der Waals surface area contributed by atoms with Crippen molar-refractivity contribution < 1.29 is 19.0 Å². The Hall–Kier alpha value is -3.16. The average molecular weight is 551 g/mol. The van der Waals surface area contributed by atoms with Crippen LogP contribution in [-0.2, 0) is 11.3 Å². The maximum atomic E-state index is 12.3. The Balaban J connectivity index is 1.97. The summed E-state index contributed by atoms with van der Waals surface area (Å²) in [7, 11) is 4.92. The van der Waals surface area contributed by atoms with Crippen molar-refractivity contribution in [2.75, 3.05) is 27.9 Å². The van der Waals surface area contributed by atoms with Crippen LogP contribution in [-0.4, -0.2) is 43.3 Å². The molecule has 0 aliphatic rings. The minimum absolute atomic E-state index is 0.0613. The smallest absolute Gasteiger partial charge is 0.163 e. The number of ether oxygens (including phenoxy) is 3. The number of benzene rings is 3. The summed E-state index contributed by atoms with van der Waals surface area (Å²) in [5.41, 5.74) is 6.23. The van der Waals surface area contributed by atoms with Gasteiger partial charge in [0.1, 0.15) is 28.4 Å². The quantitative estimate of drug-likeness (QED) is 0.207. The van der Waals surface area contributed by atoms with Gasteiger partial charge < -0.3 is 18.8 Å². The van der Waals surface area contributed by atoms with Crippen molar-refractivity contribution in [2.24, 2.45) is 0 Å². The second-order valence-corrected chi connectivity index (χ2v) is 9.76. The van der Waals surface area contributed by atoms with Crippen LogP contribution in [0.4, 0.5) is 0 Å². The number of carbonyl (C=O) groups is 1. The second kappa shape index (κ2) is 10.8. The fourth-order valence-electron chi connectivity index (χ4n) is 4.40. The number of ketones is 1. The van der Waals surface area contributed by atoms with Crippen LogP contribution < -0.4 is 9.47 Å². The van der Waals surface area contributed by atoms with Crippen LogP contribution in [0.2, 0.25) is 0 Å². The zero-order valence-electron chi connectivity index (χ0n) is 21.5. The van der Waals surface area contributed by atoms with Crippen molar-refractivity contribution in [3.63, 3.8) is 0 Å². The molecule has 7 heteroatoms. The maximum absolute atomic E-state index is 12.3. The zero-order valence-corrected chi connectivity index (χ0v) is 23.1. The van der Waals surface area contributed by atoms with Gasteiger partial charge in [-0.15, -0.1) is 0 Å². The van der Waals surface area contributed by atoms with Crippen LogP contribution >= 0.6 is 15.9 Å². The molecule has 0 aliphatic carbocycles. The predicted molar refractivity (Wildman–Crippen MR) is 147 cm³/mol. The van der Waals surface area contributed by atoms with Gasteiger partial charge in [-0.1, -0.05) is 44.2 Å². The molecule has 0 saturated heterocycles. The van der Waals surface area contributed by atoms with Gasteiger partial charge in [0.05, 0.1) is 30.9 Å². The summed E-state index contributed by atoms with van der Waals surface area (Å²) >= 11 is 3.82. The number of carbonyl (C=O) groups excluding carboxylic acids is 1. The van der Waals surface area contributed by atoms with E-state index in [1.54, 1.807) is 21.3 Å². The number of Topliss-reactive ketones (excluding diaryl/α,β-unsaturated/α-hetero) is 1. The Bertz CT molecular complexity index is 1410. The Kier molecular flexibility index (Phi) is 7.81. The van der Waals surface area contributed by atoms with Gasteiger partial charge in [0.25, 0.3) is 0 Å². The number of rotatable bonds is 9. The minimum Gasteiger partial charge on any atom is -0.496 e. The van der Waals surface area contributed by atoms with Gasteiger partial charge in [0.15, 0.2) is 5.78 Å². The second-order valence-electron chi connectivity index (χ2n) is 8.97. The summed E-state index contributed by atoms with van der Waals surface area (Å²) < 4.78 is 19.6. The monoisotopic (exact) mass is 550 g/mol. The number of hydrogen-bond donors (Lipinski definition) is 0. The third kappa shape index (κ3) is 4.77. The summed E-state index contributed by atoms with van der Waals surface area (Å²) in [5, 5.41) is 0. The van der Waals surface area contributed by atoms with Crippen LogP contribution in [0.1, 0.15) is 42.6 Å². The summed E-state index contributed by atoms with van der Waals surface area (Å²) in [5.74, 6) is 2.47. The summed E-state index contributed by atoms with van der Waals surface area (Å²) in [6.07, 6.45) is 0. The lowest BCUT2D eigenvalue weighted by atomic mass is 10.00. The van der Waals surface area contributed by atoms with E-state index >= 15 is 0 Å². The Morgan fingerprint density at radius 2 is 1.64 bits per heavy atom. The fraction of sp³-hybridized carbons (Fsp3) is 0.310. The third-order valence-corrected chi connectivity index (χ3v) is 7.19. The molecule has 0 N–H and O–H groups in total. The molecular weight excluding hydrogens is 520 g/mol. The first-order valence-corrected chi connectivity index (χ1v) is 12.6. The molecule has 0 saturated carbocycles. The van der Waals surface area contributed by atoms with E-state index in [1.807, 2.05) is 24.3 Å². The average Bonchev–Trinajstić information content (AvgIpc) is 3.27. The molecule has 0 amide bonds. The maximum Gasteiger partial charge on any atom is 0.163 e. The van der Waals surface area contributed by atoms with E-state index < -0.39 is 0 Å². The fourth-order valence-corrected chi connectivity index (χ4v) is 5.02. The van der Waals surface area contributed by atoms with Gasteiger partial charge >= 0.3 is 0 Å². The molecular formula is C29H31BrN2O4. The molecule has 0 radical (unpaired) electrons. The van der Waals surface area contributed by atoms with Gasteiger partial charge in [0.2, 0.25) is 0 Å². The largest absolute Gasteiger partial charge is 0.496 e. The lowest BCUT2D eigenvalue weighted by Gasteiger charge is -2.14. The van der Waals surface area contributed by atoms with Crippen LogP contribution in [0.25, 0.3) is 33.5 Å². The first-order valence-electron chi connectivity index (χ1n) is 11.9. The number of halogens is 1. The molecule has 4 rings (SSSR count). The summed E-state index contributed by atoms with van der Waals surface area (Å²) in [4.78, 5) is 17.3. The summed E-state index contributed by atoms with van der Waals surface area (Å²) in [6.45, 7) is 7.06. The van der Waals surface area contributed by atoms with Crippen molar-refractivity contribution in [1.82, 2.24) is 9.55 Å². The SMILES string of the molecule is COCCn1c(-c2ccc(C(C)C)cc2)nc2c(Br)c(-c3ccc(OC)c(C(C)=O)c3)cc(OC)c21. The first kappa shape index (κ1) is 25.9. The standard InChI is InChI=1S/C29H31BrN2O4/c1-17(2)19-7-9-20(10-8-19)29-31-27-26(30)23(16-25(36-6)28(27)32(29)13-14-34-4)21-11-12-24(35-5)22(15-21)18(3)33/h7-12,15-17H,13-14H2,1-6H3. The van der Waals surface area contributed by atoms with E-state index in [-0.39, 0.29) is 5.78 Å². The van der Waals surface area contributed by atoms with Crippen molar-refractivity contribution in [2.45, 2.75) is 33.2 Å². The zero-order chi connectivity index (χ0) is 26.0. The van der Waals surface area contributed by atoms with Gasteiger partial charge in [-0.2, -0.15) is 0 Å². The van der Waals surface area contributed by atoms with Crippen LogP contribution in [0.3, 0.4) is 0 Å². The predicted octanol–water partition coefficient (Wildman–Crippen LogP) is 7.12. The highest BCUT2D eigenvalue weighted by Crippen LogP contribution is 2.42. The molecule has 0 spiro atoms. The molecule has 3 aromatic carbocycles. The first-order chi connectivity index (χ1) is 17.3. The minimum atomic E-state index is -0.0613. The Morgan fingerprint density at radius 1 is 0.972 bits per heavy atom. The van der Waals surface area contributed by atoms with Crippen molar-refractivity contribution >= 4 is 32.7 Å². The third-order valence-electron chi connectivity index (χ3n) is 6.39. The van der Waals surface area contributed by atoms with Gasteiger partial charge in [-0.3, -0.25) is 4.79 Å². The number of aromatic nitrogens is 2. The molecule has 0 atom stereocenters. The van der Waals surface area contributed by atoms with Gasteiger partial charge in [0, 0.05) is 24.8 Å². The molecule has 1 aromatic heterocycles. The Morgan fingerprint density at radius 3 is 2.22 bits per heavy atom. The molecule has 0 unspecified atom stereocenters. The van der Waals surface area contributed by atoms with Crippen LogP contribution in [0.5, 0.6) is 11.5 Å². The van der Waals surface area contributed by atoms with Crippen molar-refractivity contribution in [1.29, 1.82) is 0 Å². The molecule has 36 heavy (non-hydrogen) atoms. The number of nitrogens with zero attached hydrogens (tertiary/aromatic N) is 2. The highest BCUT2D eigenvalue weighted by molar-refractivity contribution is 9.10. The number of hydrogen-bond acceptors (Lipinski definition) is 5. The summed E-state index contributed by atoms with van der Waals surface area (Å²) in [6, 6.07) is 16.1. The highest BCUT2D eigenvalue weighted by Gasteiger charge is 2.22. The molecule has 0 fully saturated rings. The van der Waals surface area contributed by atoms with Crippen LogP contribution in [0, 0.1) is 0 Å². The number of fused-ring (bicyclic) bond motifs is 1. The topological polar surface area (TPSA) is 62.6 Å². The number of imidazole rings is 1. The highest BCUT2D eigenvalue weighted by atomic mass is 79.9. The van der Waals surface area contributed by atoms with Crippen LogP contribution in [0.15, 0.2) is 53.0 Å². The molecule has 188 valence electrons. The van der Waals surface area contributed by atoms with Crippen molar-refractivity contribution in [3.05, 3.63) is 64.1 Å². The molecule has 0 bridgehead atoms. The van der Waals surface area contributed by atoms with E-state index in [4.69, 9.17) is 19.2 Å². The van der Waals surface area contributed by atoms with Crippen molar-refractivity contribution in [3.8, 4) is 34.0 Å². The van der Waals surface area contributed by atoms with Gasteiger partial charge in [-0.05, 0) is 58.1 Å². The van der Waals surface area contributed by atoms with E-state index in [2.05, 4.69) is 58.6 Å². The Labute approximate surface area is 220 Å². The molecule has 0 aliphatic heterocycles. The van der Waals surface area contributed by atoms with Gasteiger partial charge in [-0.25, -0.2) is 4.98 Å². The molecule has 6 nitrogen and oxygen atoms in total. The lowest BCUT2D eigenvalue weighted by molar-refractivity contribution is 0.101. The lowest BCUT2D eigenvalue weighted by Crippen LogP contribution is -2.07.